The monoisotopic (exact) mass is 295 g/mol. The van der Waals surface area contributed by atoms with Crippen molar-refractivity contribution in [2.45, 2.75) is 44.9 Å². The maximum atomic E-state index is 12.7. The lowest BCUT2D eigenvalue weighted by Gasteiger charge is -2.22. The quantitative estimate of drug-likeness (QED) is 0.878. The molecule has 0 aliphatic heterocycles. The predicted octanol–water partition coefficient (Wildman–Crippen LogP) is 2.72. The van der Waals surface area contributed by atoms with Gasteiger partial charge in [0.1, 0.15) is 0 Å². The highest BCUT2D eigenvalue weighted by molar-refractivity contribution is 7.92. The van der Waals surface area contributed by atoms with Crippen molar-refractivity contribution in [3.05, 3.63) is 35.4 Å². The maximum Gasteiger partial charge on any atom is 0.155 e. The molecule has 1 aliphatic carbocycles. The van der Waals surface area contributed by atoms with Crippen LogP contribution < -0.4 is 5.32 Å². The molecule has 0 saturated heterocycles. The van der Waals surface area contributed by atoms with Gasteiger partial charge in [0, 0.05) is 6.04 Å². The molecule has 0 heterocycles. The van der Waals surface area contributed by atoms with Crippen LogP contribution in [0.5, 0.6) is 0 Å². The van der Waals surface area contributed by atoms with E-state index in [0.717, 1.165) is 18.5 Å². The molecule has 1 aliphatic rings. The first-order chi connectivity index (χ1) is 9.45. The SMILES string of the molecule is CCNC1c2ccccc2CC1S(=O)(=O)CCC(C)C. The van der Waals surface area contributed by atoms with Crippen molar-refractivity contribution in [1.82, 2.24) is 5.32 Å². The van der Waals surface area contributed by atoms with Gasteiger partial charge in [0.2, 0.25) is 0 Å². The van der Waals surface area contributed by atoms with E-state index in [2.05, 4.69) is 31.3 Å². The van der Waals surface area contributed by atoms with Crippen molar-refractivity contribution >= 4 is 9.84 Å². The topological polar surface area (TPSA) is 46.2 Å². The van der Waals surface area contributed by atoms with E-state index in [9.17, 15) is 8.42 Å². The molecule has 0 fully saturated rings. The number of nitrogens with one attached hydrogen (secondary N) is 1. The molecule has 2 rings (SSSR count). The van der Waals surface area contributed by atoms with Gasteiger partial charge in [-0.25, -0.2) is 8.42 Å². The van der Waals surface area contributed by atoms with Gasteiger partial charge in [-0.1, -0.05) is 45.0 Å². The van der Waals surface area contributed by atoms with Crippen LogP contribution in [0.15, 0.2) is 24.3 Å². The number of sulfone groups is 1. The molecule has 0 saturated carbocycles. The second kappa shape index (κ2) is 6.27. The minimum absolute atomic E-state index is 0.0478. The summed E-state index contributed by atoms with van der Waals surface area (Å²) in [6.45, 7) is 6.95. The smallest absolute Gasteiger partial charge is 0.155 e. The zero-order chi connectivity index (χ0) is 14.8. The molecule has 2 unspecified atom stereocenters. The normalized spacial score (nSPS) is 22.2. The molecule has 112 valence electrons. The fourth-order valence-electron chi connectivity index (χ4n) is 2.91. The van der Waals surface area contributed by atoms with Gasteiger partial charge in [-0.15, -0.1) is 0 Å². The van der Waals surface area contributed by atoms with E-state index in [1.54, 1.807) is 0 Å². The van der Waals surface area contributed by atoms with Crippen LogP contribution in [0.3, 0.4) is 0 Å². The summed E-state index contributed by atoms with van der Waals surface area (Å²) in [5.74, 6) is 0.719. The molecule has 1 N–H and O–H groups in total. The third-order valence-electron chi connectivity index (χ3n) is 4.05. The Balaban J connectivity index is 2.24. The first kappa shape index (κ1) is 15.5. The molecule has 1 aromatic carbocycles. The Morgan fingerprint density at radius 2 is 2.00 bits per heavy atom. The van der Waals surface area contributed by atoms with E-state index in [4.69, 9.17) is 0 Å². The van der Waals surface area contributed by atoms with Gasteiger partial charge < -0.3 is 5.32 Å². The minimum Gasteiger partial charge on any atom is -0.309 e. The highest BCUT2D eigenvalue weighted by Crippen LogP contribution is 2.36. The van der Waals surface area contributed by atoms with Gasteiger partial charge in [0.05, 0.1) is 11.0 Å². The minimum atomic E-state index is -3.06. The standard InChI is InChI=1S/C16H25NO2S/c1-4-17-16-14-8-6-5-7-13(14)11-15(16)20(18,19)10-9-12(2)3/h5-8,12,15-17H,4,9-11H2,1-3H3. The third-order valence-corrected chi connectivity index (χ3v) is 6.21. The Kier molecular flexibility index (Phi) is 4.86. The molecule has 0 aromatic heterocycles. The molecule has 2 atom stereocenters. The Labute approximate surface area is 122 Å². The highest BCUT2D eigenvalue weighted by atomic mass is 32.2. The van der Waals surface area contributed by atoms with Crippen LogP contribution in [-0.2, 0) is 16.3 Å². The lowest BCUT2D eigenvalue weighted by atomic mass is 10.1. The highest BCUT2D eigenvalue weighted by Gasteiger charge is 2.39. The van der Waals surface area contributed by atoms with Gasteiger partial charge in [-0.2, -0.15) is 0 Å². The lowest BCUT2D eigenvalue weighted by Crippen LogP contribution is -2.36. The van der Waals surface area contributed by atoms with E-state index in [-0.39, 0.29) is 11.3 Å². The van der Waals surface area contributed by atoms with Gasteiger partial charge in [-0.3, -0.25) is 0 Å². The van der Waals surface area contributed by atoms with Crippen LogP contribution in [-0.4, -0.2) is 26.0 Å². The summed E-state index contributed by atoms with van der Waals surface area (Å²) in [6, 6.07) is 8.04. The summed E-state index contributed by atoms with van der Waals surface area (Å²) in [5.41, 5.74) is 2.34. The van der Waals surface area contributed by atoms with Crippen LogP contribution in [0, 0.1) is 5.92 Å². The Morgan fingerprint density at radius 1 is 1.30 bits per heavy atom. The Morgan fingerprint density at radius 3 is 2.65 bits per heavy atom. The first-order valence-electron chi connectivity index (χ1n) is 7.48. The van der Waals surface area contributed by atoms with Gasteiger partial charge in [0.15, 0.2) is 9.84 Å². The maximum absolute atomic E-state index is 12.7. The fraction of sp³-hybridized carbons (Fsp3) is 0.625. The van der Waals surface area contributed by atoms with Gasteiger partial charge in [0.25, 0.3) is 0 Å². The summed E-state index contributed by atoms with van der Waals surface area (Å²) in [7, 11) is -3.06. The van der Waals surface area contributed by atoms with Crippen LogP contribution >= 0.6 is 0 Å². The van der Waals surface area contributed by atoms with E-state index in [1.807, 2.05) is 19.1 Å². The molecule has 4 heteroatoms. The van der Waals surface area contributed by atoms with Crippen LogP contribution in [0.1, 0.15) is 44.4 Å². The number of benzene rings is 1. The fourth-order valence-corrected chi connectivity index (χ4v) is 5.10. The first-order valence-corrected chi connectivity index (χ1v) is 9.20. The molecule has 0 amide bonds. The average Bonchev–Trinajstić information content (AvgIpc) is 2.77. The summed E-state index contributed by atoms with van der Waals surface area (Å²) in [5, 5.41) is 3.06. The molecule has 20 heavy (non-hydrogen) atoms. The molecular weight excluding hydrogens is 270 g/mol. The van der Waals surface area contributed by atoms with E-state index in [1.165, 1.54) is 5.56 Å². The summed E-state index contributed by atoms with van der Waals surface area (Å²) >= 11 is 0. The van der Waals surface area contributed by atoms with Crippen LogP contribution in [0.4, 0.5) is 0 Å². The van der Waals surface area contributed by atoms with Gasteiger partial charge >= 0.3 is 0 Å². The Hall–Kier alpha value is -0.870. The molecule has 1 aromatic rings. The van der Waals surface area contributed by atoms with Crippen LogP contribution in [0.2, 0.25) is 0 Å². The zero-order valence-electron chi connectivity index (χ0n) is 12.6. The predicted molar refractivity (Wildman–Crippen MR) is 83.6 cm³/mol. The third kappa shape index (κ3) is 3.23. The largest absolute Gasteiger partial charge is 0.309 e. The summed E-state index contributed by atoms with van der Waals surface area (Å²) in [4.78, 5) is 0. The zero-order valence-corrected chi connectivity index (χ0v) is 13.4. The van der Waals surface area contributed by atoms with Crippen molar-refractivity contribution in [1.29, 1.82) is 0 Å². The van der Waals surface area contributed by atoms with E-state index >= 15 is 0 Å². The molecular formula is C16H25NO2S. The van der Waals surface area contributed by atoms with Crippen molar-refractivity contribution in [2.24, 2.45) is 5.92 Å². The second-order valence-electron chi connectivity index (χ2n) is 6.03. The Bertz CT molecular complexity index is 551. The molecule has 0 bridgehead atoms. The number of rotatable bonds is 6. The molecule has 3 nitrogen and oxygen atoms in total. The molecule has 0 spiro atoms. The molecule has 0 radical (unpaired) electrons. The van der Waals surface area contributed by atoms with Crippen molar-refractivity contribution in [3.63, 3.8) is 0 Å². The number of fused-ring (bicyclic) bond motifs is 1. The van der Waals surface area contributed by atoms with Crippen molar-refractivity contribution < 1.29 is 8.42 Å². The van der Waals surface area contributed by atoms with Crippen molar-refractivity contribution in [3.8, 4) is 0 Å². The number of hydrogen-bond acceptors (Lipinski definition) is 3. The summed E-state index contributed by atoms with van der Waals surface area (Å²) < 4.78 is 25.3. The van der Waals surface area contributed by atoms with E-state index in [0.29, 0.717) is 18.1 Å². The lowest BCUT2D eigenvalue weighted by molar-refractivity contribution is 0.510. The second-order valence-corrected chi connectivity index (χ2v) is 8.37. The van der Waals surface area contributed by atoms with Gasteiger partial charge in [-0.05, 0) is 36.4 Å². The summed E-state index contributed by atoms with van der Waals surface area (Å²) in [6.07, 6.45) is 1.39. The van der Waals surface area contributed by atoms with Crippen LogP contribution in [0.25, 0.3) is 0 Å². The number of hydrogen-bond donors (Lipinski definition) is 1. The average molecular weight is 295 g/mol. The van der Waals surface area contributed by atoms with E-state index < -0.39 is 9.84 Å². The van der Waals surface area contributed by atoms with Crippen molar-refractivity contribution in [2.75, 3.05) is 12.3 Å².